The largest absolute Gasteiger partial charge is 0.491 e. The Morgan fingerprint density at radius 2 is 1.94 bits per heavy atom. The number of benzene rings is 1. The van der Waals surface area contributed by atoms with E-state index in [9.17, 15) is 4.79 Å². The molecule has 2 aliphatic heterocycles. The Kier molecular flexibility index (Phi) is 7.68. The minimum absolute atomic E-state index is 0.00776. The minimum atomic E-state index is -0.295. The fourth-order valence-electron chi connectivity index (χ4n) is 4.70. The smallest absolute Gasteiger partial charge is 0.257 e. The number of likely N-dealkylation sites (tertiary alicyclic amines) is 1. The first kappa shape index (κ1) is 24.4. The number of carbonyl (C=O) groups excluding carboxylic acids is 1. The Hall–Kier alpha value is -2.71. The molecule has 0 bridgehead atoms. The van der Waals surface area contributed by atoms with Gasteiger partial charge in [-0.1, -0.05) is 19.1 Å². The van der Waals surface area contributed by atoms with Crippen molar-refractivity contribution in [2.24, 2.45) is 0 Å². The van der Waals surface area contributed by atoms with Gasteiger partial charge in [0, 0.05) is 64.0 Å². The zero-order valence-corrected chi connectivity index (χ0v) is 20.9. The number of carbonyl (C=O) groups is 1. The van der Waals surface area contributed by atoms with Crippen molar-refractivity contribution in [2.75, 3.05) is 71.5 Å². The molecule has 8 heteroatoms. The number of rotatable bonds is 7. The summed E-state index contributed by atoms with van der Waals surface area (Å²) in [5, 5.41) is 0. The molecule has 0 N–H and O–H groups in total. The summed E-state index contributed by atoms with van der Waals surface area (Å²) in [4.78, 5) is 29.5. The van der Waals surface area contributed by atoms with Gasteiger partial charge in [-0.25, -0.2) is 9.97 Å². The molecule has 0 radical (unpaired) electrons. The predicted molar refractivity (Wildman–Crippen MR) is 133 cm³/mol. The second kappa shape index (κ2) is 10.7. The summed E-state index contributed by atoms with van der Waals surface area (Å²) in [5.41, 5.74) is 1.27. The van der Waals surface area contributed by atoms with Crippen molar-refractivity contribution in [3.8, 4) is 5.75 Å². The molecule has 2 saturated heterocycles. The number of aromatic nitrogens is 2. The summed E-state index contributed by atoms with van der Waals surface area (Å²) >= 11 is 0. The Bertz CT molecular complexity index is 992. The van der Waals surface area contributed by atoms with Crippen LogP contribution in [0, 0.1) is 6.92 Å². The molecule has 4 rings (SSSR count). The van der Waals surface area contributed by atoms with Crippen LogP contribution < -0.4 is 9.64 Å². The number of hydrogen-bond acceptors (Lipinski definition) is 7. The van der Waals surface area contributed by atoms with Crippen LogP contribution in [0.25, 0.3) is 0 Å². The Labute approximate surface area is 202 Å². The SMILES string of the molecule is Cc1cc(N(C)C)nc(C2(C)CCCN(C(=O)c3ccccc3OCCN3CCOCC3)C2)n1. The topological polar surface area (TPSA) is 71.0 Å². The molecule has 34 heavy (non-hydrogen) atoms. The zero-order valence-electron chi connectivity index (χ0n) is 20.9. The van der Waals surface area contributed by atoms with Crippen molar-refractivity contribution in [3.63, 3.8) is 0 Å². The lowest BCUT2D eigenvalue weighted by Crippen LogP contribution is -2.48. The molecule has 0 aliphatic carbocycles. The van der Waals surface area contributed by atoms with Crippen LogP contribution in [-0.2, 0) is 10.2 Å². The maximum Gasteiger partial charge on any atom is 0.257 e. The Balaban J connectivity index is 1.47. The lowest BCUT2D eigenvalue weighted by molar-refractivity contribution is 0.0321. The number of anilines is 1. The van der Waals surface area contributed by atoms with E-state index < -0.39 is 0 Å². The van der Waals surface area contributed by atoms with Gasteiger partial charge in [0.25, 0.3) is 5.91 Å². The van der Waals surface area contributed by atoms with Crippen LogP contribution in [0.2, 0.25) is 0 Å². The van der Waals surface area contributed by atoms with Gasteiger partial charge in [0.2, 0.25) is 0 Å². The van der Waals surface area contributed by atoms with E-state index in [1.165, 1.54) is 0 Å². The summed E-state index contributed by atoms with van der Waals surface area (Å²) in [6.07, 6.45) is 1.86. The van der Waals surface area contributed by atoms with Crippen LogP contribution >= 0.6 is 0 Å². The van der Waals surface area contributed by atoms with Crippen LogP contribution in [0.5, 0.6) is 5.75 Å². The van der Waals surface area contributed by atoms with E-state index in [1.807, 2.05) is 61.2 Å². The van der Waals surface area contributed by atoms with Crippen LogP contribution in [0.15, 0.2) is 30.3 Å². The van der Waals surface area contributed by atoms with Crippen LogP contribution in [0.4, 0.5) is 5.82 Å². The van der Waals surface area contributed by atoms with Gasteiger partial charge >= 0.3 is 0 Å². The van der Waals surface area contributed by atoms with Crippen molar-refractivity contribution in [1.29, 1.82) is 0 Å². The molecule has 0 saturated carbocycles. The van der Waals surface area contributed by atoms with E-state index >= 15 is 0 Å². The predicted octanol–water partition coefficient (Wildman–Crippen LogP) is 2.76. The van der Waals surface area contributed by atoms with Crippen LogP contribution in [-0.4, -0.2) is 92.3 Å². The molecule has 0 spiro atoms. The average Bonchev–Trinajstić information content (AvgIpc) is 2.84. The minimum Gasteiger partial charge on any atom is -0.491 e. The lowest BCUT2D eigenvalue weighted by Gasteiger charge is -2.40. The number of aryl methyl sites for hydroxylation is 1. The van der Waals surface area contributed by atoms with Gasteiger partial charge in [0.05, 0.1) is 18.8 Å². The van der Waals surface area contributed by atoms with Gasteiger partial charge in [-0.05, 0) is 31.9 Å². The fourth-order valence-corrected chi connectivity index (χ4v) is 4.70. The van der Waals surface area contributed by atoms with Gasteiger partial charge in [0.1, 0.15) is 24.0 Å². The van der Waals surface area contributed by atoms with Gasteiger partial charge in [-0.3, -0.25) is 9.69 Å². The monoisotopic (exact) mass is 467 g/mol. The molecule has 2 aromatic rings. The molecule has 1 aromatic heterocycles. The van der Waals surface area contributed by atoms with E-state index in [2.05, 4.69) is 11.8 Å². The first-order valence-electron chi connectivity index (χ1n) is 12.2. The maximum atomic E-state index is 13.6. The summed E-state index contributed by atoms with van der Waals surface area (Å²) < 4.78 is 11.5. The third kappa shape index (κ3) is 5.67. The molecule has 1 aromatic carbocycles. The quantitative estimate of drug-likeness (QED) is 0.620. The van der Waals surface area contributed by atoms with Crippen LogP contribution in [0.3, 0.4) is 0 Å². The highest BCUT2D eigenvalue weighted by atomic mass is 16.5. The molecule has 8 nitrogen and oxygen atoms in total. The molecule has 2 aliphatic rings. The first-order valence-corrected chi connectivity index (χ1v) is 12.2. The molecule has 1 unspecified atom stereocenters. The van der Waals surface area contributed by atoms with Gasteiger partial charge in [-0.2, -0.15) is 0 Å². The Morgan fingerprint density at radius 3 is 2.71 bits per heavy atom. The first-order chi connectivity index (χ1) is 16.4. The summed E-state index contributed by atoms with van der Waals surface area (Å²) in [6, 6.07) is 9.57. The zero-order chi connectivity index (χ0) is 24.1. The summed E-state index contributed by atoms with van der Waals surface area (Å²) in [6.45, 7) is 10.2. The van der Waals surface area contributed by atoms with E-state index in [-0.39, 0.29) is 11.3 Å². The van der Waals surface area contributed by atoms with Crippen molar-refractivity contribution >= 4 is 11.7 Å². The van der Waals surface area contributed by atoms with Crippen molar-refractivity contribution < 1.29 is 14.3 Å². The molecule has 1 atom stereocenters. The molecule has 1 amide bonds. The van der Waals surface area contributed by atoms with Gasteiger partial charge in [0.15, 0.2) is 0 Å². The van der Waals surface area contributed by atoms with Crippen molar-refractivity contribution in [2.45, 2.75) is 32.1 Å². The standard InChI is InChI=1S/C26H37N5O3/c1-20-18-23(29(3)4)28-25(27-20)26(2)10-7-11-31(19-26)24(32)21-8-5-6-9-22(21)34-17-14-30-12-15-33-16-13-30/h5-6,8-9,18H,7,10-17,19H2,1-4H3. The number of ether oxygens (including phenoxy) is 2. The number of para-hydroxylation sites is 1. The third-order valence-electron chi connectivity index (χ3n) is 6.71. The third-order valence-corrected chi connectivity index (χ3v) is 6.71. The van der Waals surface area contributed by atoms with Gasteiger partial charge in [-0.15, -0.1) is 0 Å². The highest BCUT2D eigenvalue weighted by molar-refractivity contribution is 5.97. The second-order valence-corrected chi connectivity index (χ2v) is 9.78. The van der Waals surface area contributed by atoms with E-state index in [0.717, 1.165) is 69.6 Å². The van der Waals surface area contributed by atoms with Crippen LogP contribution in [0.1, 0.15) is 41.6 Å². The number of hydrogen-bond donors (Lipinski definition) is 0. The summed E-state index contributed by atoms with van der Waals surface area (Å²) in [5.74, 6) is 2.36. The number of piperidine rings is 1. The fraction of sp³-hybridized carbons (Fsp3) is 0.577. The molecule has 3 heterocycles. The maximum absolute atomic E-state index is 13.6. The highest BCUT2D eigenvalue weighted by Crippen LogP contribution is 2.34. The lowest BCUT2D eigenvalue weighted by atomic mass is 9.80. The number of nitrogens with zero attached hydrogens (tertiary/aromatic N) is 5. The van der Waals surface area contributed by atoms with E-state index in [1.54, 1.807) is 0 Å². The summed E-state index contributed by atoms with van der Waals surface area (Å²) in [7, 11) is 3.97. The normalized spacial score (nSPS) is 21.4. The second-order valence-electron chi connectivity index (χ2n) is 9.78. The molecular formula is C26H37N5O3. The van der Waals surface area contributed by atoms with Crippen molar-refractivity contribution in [1.82, 2.24) is 19.8 Å². The highest BCUT2D eigenvalue weighted by Gasteiger charge is 2.38. The average molecular weight is 468 g/mol. The molecule has 184 valence electrons. The van der Waals surface area contributed by atoms with Gasteiger partial charge < -0.3 is 19.3 Å². The molecular weight excluding hydrogens is 430 g/mol. The van der Waals surface area contributed by atoms with E-state index in [4.69, 9.17) is 19.4 Å². The van der Waals surface area contributed by atoms with E-state index in [0.29, 0.717) is 24.5 Å². The Morgan fingerprint density at radius 1 is 1.18 bits per heavy atom. The molecule has 2 fully saturated rings. The number of amides is 1. The van der Waals surface area contributed by atoms with Crippen molar-refractivity contribution in [3.05, 3.63) is 47.4 Å². The number of morpholine rings is 1.